The minimum Gasteiger partial charge on any atom is -0.456 e. The average molecular weight is 1160 g/mol. The van der Waals surface area contributed by atoms with E-state index in [1.165, 1.54) is 161 Å². The maximum absolute atomic E-state index is 13.5. The van der Waals surface area contributed by atoms with Crippen LogP contribution < -0.4 is 5.32 Å². The van der Waals surface area contributed by atoms with E-state index in [0.717, 1.165) is 83.5 Å². The van der Waals surface area contributed by atoms with Gasteiger partial charge in [-0.3, -0.25) is 18.6 Å². The van der Waals surface area contributed by atoms with Crippen LogP contribution in [-0.4, -0.2) is 74.3 Å². The molecule has 0 aromatic heterocycles. The summed E-state index contributed by atoms with van der Waals surface area (Å²) in [6.45, 7) is 6.82. The fourth-order valence-corrected chi connectivity index (χ4v) is 10.0. The lowest BCUT2D eigenvalue weighted by Gasteiger charge is -2.27. The van der Waals surface area contributed by atoms with Crippen LogP contribution in [0.15, 0.2) is 109 Å². The van der Waals surface area contributed by atoms with Gasteiger partial charge >= 0.3 is 13.8 Å². The highest BCUT2D eigenvalue weighted by Crippen LogP contribution is 2.43. The first kappa shape index (κ1) is 78.7. The second-order valence-electron chi connectivity index (χ2n) is 23.6. The molecule has 0 heterocycles. The summed E-state index contributed by atoms with van der Waals surface area (Å²) < 4.78 is 30.7. The number of phosphoric ester groups is 1. The van der Waals surface area contributed by atoms with Crippen LogP contribution in [0.2, 0.25) is 0 Å². The SMILES string of the molecule is CC/C=C\C/C=C\C/C=C\C/C=C\C/C=C\C/C=C\CCC(=O)NC(COP(=O)(O)OCC[N+](C)(C)C)C(/C=C\CCCCCCCCCCCC)OC(=O)CCCCCCCCCCCCCCCCC/C=C\C/C=C\CCCCC. The van der Waals surface area contributed by atoms with Crippen LogP contribution in [0.25, 0.3) is 0 Å². The topological polar surface area (TPSA) is 111 Å². The molecular formula is C72H128N2O7P+. The smallest absolute Gasteiger partial charge is 0.456 e. The third-order valence-electron chi connectivity index (χ3n) is 14.5. The van der Waals surface area contributed by atoms with Gasteiger partial charge in [0, 0.05) is 12.8 Å². The molecule has 0 aromatic rings. The first-order chi connectivity index (χ1) is 39.9. The Morgan fingerprint density at radius 1 is 0.439 bits per heavy atom. The Labute approximate surface area is 506 Å². The number of likely N-dealkylation sites (N-methyl/N-ethyl adjacent to an activating group) is 1. The van der Waals surface area contributed by atoms with Crippen molar-refractivity contribution in [2.24, 2.45) is 0 Å². The molecule has 0 spiro atoms. The highest BCUT2D eigenvalue weighted by atomic mass is 31.2. The monoisotopic (exact) mass is 1160 g/mol. The zero-order valence-electron chi connectivity index (χ0n) is 54.0. The molecule has 0 rings (SSSR count). The zero-order valence-corrected chi connectivity index (χ0v) is 54.8. The van der Waals surface area contributed by atoms with Crippen LogP contribution in [0.4, 0.5) is 0 Å². The number of carbonyl (C=O) groups is 2. The van der Waals surface area contributed by atoms with Crippen molar-refractivity contribution in [1.82, 2.24) is 5.32 Å². The lowest BCUT2D eigenvalue weighted by molar-refractivity contribution is -0.870. The van der Waals surface area contributed by atoms with Crippen molar-refractivity contribution in [3.05, 3.63) is 109 Å². The number of hydrogen-bond acceptors (Lipinski definition) is 6. The number of carbonyl (C=O) groups excluding carboxylic acids is 2. The van der Waals surface area contributed by atoms with Crippen LogP contribution >= 0.6 is 7.82 Å². The second-order valence-corrected chi connectivity index (χ2v) is 25.1. The average Bonchev–Trinajstić information content (AvgIpc) is 3.47. The molecule has 0 bridgehead atoms. The molecule has 0 radical (unpaired) electrons. The summed E-state index contributed by atoms with van der Waals surface area (Å²) in [6, 6.07) is -0.895. The van der Waals surface area contributed by atoms with E-state index in [9.17, 15) is 19.0 Å². The van der Waals surface area contributed by atoms with Gasteiger partial charge in [0.2, 0.25) is 5.91 Å². The molecule has 0 fully saturated rings. The third kappa shape index (κ3) is 61.2. The first-order valence-electron chi connectivity index (χ1n) is 33.7. The van der Waals surface area contributed by atoms with Gasteiger partial charge in [0.15, 0.2) is 0 Å². The largest absolute Gasteiger partial charge is 0.472 e. The van der Waals surface area contributed by atoms with Crippen molar-refractivity contribution in [2.75, 3.05) is 40.9 Å². The van der Waals surface area contributed by atoms with Gasteiger partial charge in [-0.2, -0.15) is 0 Å². The number of esters is 1. The molecule has 0 aromatic carbocycles. The molecular weight excluding hydrogens is 1040 g/mol. The summed E-state index contributed by atoms with van der Waals surface area (Å²) in [5.74, 6) is -0.603. The Kier molecular flexibility index (Phi) is 58.3. The van der Waals surface area contributed by atoms with E-state index in [1.807, 2.05) is 39.4 Å². The summed E-state index contributed by atoms with van der Waals surface area (Å²) >= 11 is 0. The minimum absolute atomic E-state index is 0.0224. The van der Waals surface area contributed by atoms with Gasteiger partial charge in [-0.1, -0.05) is 278 Å². The molecule has 3 atom stereocenters. The third-order valence-corrected chi connectivity index (χ3v) is 15.4. The molecule has 3 unspecified atom stereocenters. The first-order valence-corrected chi connectivity index (χ1v) is 35.2. The summed E-state index contributed by atoms with van der Waals surface area (Å²) in [5.41, 5.74) is 0. The van der Waals surface area contributed by atoms with Crippen LogP contribution in [-0.2, 0) is 27.9 Å². The van der Waals surface area contributed by atoms with Gasteiger partial charge in [-0.05, 0) is 102 Å². The van der Waals surface area contributed by atoms with Gasteiger partial charge in [-0.15, -0.1) is 0 Å². The number of rotatable bonds is 60. The quantitative estimate of drug-likeness (QED) is 0.0205. The van der Waals surface area contributed by atoms with E-state index in [2.05, 4.69) is 117 Å². The summed E-state index contributed by atoms with van der Waals surface area (Å²) in [4.78, 5) is 37.8. The summed E-state index contributed by atoms with van der Waals surface area (Å²) in [5, 5.41) is 3.01. The number of ether oxygens (including phenoxy) is 1. The van der Waals surface area contributed by atoms with Gasteiger partial charge in [0.1, 0.15) is 19.3 Å². The van der Waals surface area contributed by atoms with Crippen LogP contribution in [0.3, 0.4) is 0 Å². The van der Waals surface area contributed by atoms with Crippen LogP contribution in [0, 0.1) is 0 Å². The molecule has 0 aliphatic carbocycles. The predicted molar refractivity (Wildman–Crippen MR) is 355 cm³/mol. The molecule has 0 aliphatic heterocycles. The Balaban J connectivity index is 5.20. The fourth-order valence-electron chi connectivity index (χ4n) is 9.29. The maximum Gasteiger partial charge on any atom is 0.472 e. The Bertz CT molecular complexity index is 1770. The molecule has 0 saturated heterocycles. The van der Waals surface area contributed by atoms with Crippen molar-refractivity contribution in [3.8, 4) is 0 Å². The normalized spacial score (nSPS) is 14.3. The van der Waals surface area contributed by atoms with Crippen LogP contribution in [0.1, 0.15) is 284 Å². The number of nitrogens with zero attached hydrogens (tertiary/aromatic N) is 1. The number of nitrogens with one attached hydrogen (secondary N) is 1. The number of amides is 1. The van der Waals surface area contributed by atoms with Gasteiger partial charge in [-0.25, -0.2) is 4.57 Å². The highest BCUT2D eigenvalue weighted by Gasteiger charge is 2.30. The van der Waals surface area contributed by atoms with E-state index < -0.39 is 20.0 Å². The Morgan fingerprint density at radius 3 is 1.22 bits per heavy atom. The van der Waals surface area contributed by atoms with E-state index >= 15 is 0 Å². The van der Waals surface area contributed by atoms with E-state index in [0.29, 0.717) is 17.4 Å². The highest BCUT2D eigenvalue weighted by molar-refractivity contribution is 7.47. The number of quaternary nitrogens is 1. The number of phosphoric acid groups is 1. The zero-order chi connectivity index (χ0) is 60.0. The number of allylic oxidation sites excluding steroid dienone is 17. The minimum atomic E-state index is -4.48. The number of hydrogen-bond donors (Lipinski definition) is 2. The van der Waals surface area contributed by atoms with Crippen LogP contribution in [0.5, 0.6) is 0 Å². The van der Waals surface area contributed by atoms with E-state index in [1.54, 1.807) is 0 Å². The molecule has 82 heavy (non-hydrogen) atoms. The molecule has 472 valence electrons. The van der Waals surface area contributed by atoms with Crippen molar-refractivity contribution >= 4 is 19.7 Å². The Hall–Kier alpha value is -3.33. The van der Waals surface area contributed by atoms with Crippen molar-refractivity contribution in [3.63, 3.8) is 0 Å². The lowest BCUT2D eigenvalue weighted by Crippen LogP contribution is -2.47. The van der Waals surface area contributed by atoms with Gasteiger partial charge < -0.3 is 19.4 Å². The predicted octanol–water partition coefficient (Wildman–Crippen LogP) is 21.3. The molecule has 0 aliphatic rings. The molecule has 1 amide bonds. The van der Waals surface area contributed by atoms with E-state index in [4.69, 9.17) is 13.8 Å². The molecule has 2 N–H and O–H groups in total. The second kappa shape index (κ2) is 60.8. The van der Waals surface area contributed by atoms with Gasteiger partial charge in [0.05, 0.1) is 33.8 Å². The molecule has 10 heteroatoms. The standard InChI is InChI=1S/C72H127N2O7P/c1-7-10-13-16-19-22-25-28-30-32-34-35-36-37-38-39-41-43-45-47-50-53-56-59-62-65-72(76)81-70(63-60-57-54-51-48-27-24-21-18-15-12-9-3)69(68-80-82(77,78)79-67-66-74(4,5)6)73-71(75)64-61-58-55-52-49-46-44-42-40-33-31-29-26-23-20-17-14-11-8-2/h11,14,19-20,22-23,28-31,40,42,46,49,55,58,60,63,69-70H,7-10,12-13,15-18,21,24-27,32-39,41,43-45,47-48,50-54,56-57,59,61-62,64-68H2,1-6H3,(H-,73,75,77,78)/p+1/b14-11-,22-19-,23-20-,30-28-,31-29-,42-40-,49-46-,58-55-,63-60-. The summed E-state index contributed by atoms with van der Waals surface area (Å²) in [7, 11) is 1.44. The van der Waals surface area contributed by atoms with Crippen molar-refractivity contribution < 1.29 is 37.3 Å². The molecule has 9 nitrogen and oxygen atoms in total. The van der Waals surface area contributed by atoms with E-state index in [-0.39, 0.29) is 37.9 Å². The number of unbranched alkanes of at least 4 members (excludes halogenated alkanes) is 28. The fraction of sp³-hybridized carbons (Fsp3) is 0.722. The Morgan fingerprint density at radius 2 is 0.793 bits per heavy atom. The lowest BCUT2D eigenvalue weighted by atomic mass is 10.0. The molecule has 0 saturated carbocycles. The van der Waals surface area contributed by atoms with Crippen molar-refractivity contribution in [1.29, 1.82) is 0 Å². The maximum atomic E-state index is 13.5. The van der Waals surface area contributed by atoms with Crippen molar-refractivity contribution in [2.45, 2.75) is 296 Å². The summed E-state index contributed by atoms with van der Waals surface area (Å²) in [6.07, 6.45) is 84.0. The van der Waals surface area contributed by atoms with Gasteiger partial charge in [0.25, 0.3) is 0 Å².